The number of anilines is 2. The summed E-state index contributed by atoms with van der Waals surface area (Å²) in [5.74, 6) is -0.411. The van der Waals surface area contributed by atoms with E-state index in [0.29, 0.717) is 37.8 Å². The van der Waals surface area contributed by atoms with E-state index in [-0.39, 0.29) is 17.2 Å². The molecule has 2 aromatic carbocycles. The number of halogens is 2. The van der Waals surface area contributed by atoms with E-state index in [9.17, 15) is 9.59 Å². The van der Waals surface area contributed by atoms with Crippen LogP contribution in [-0.2, 0) is 0 Å². The van der Waals surface area contributed by atoms with E-state index in [0.717, 1.165) is 0 Å². The number of nitrogens with zero attached hydrogens (tertiary/aromatic N) is 2. The van der Waals surface area contributed by atoms with Gasteiger partial charge in [-0.1, -0.05) is 34.4 Å². The van der Waals surface area contributed by atoms with Gasteiger partial charge in [-0.05, 0) is 43.3 Å². The zero-order valence-corrected chi connectivity index (χ0v) is 18.3. The van der Waals surface area contributed by atoms with Crippen LogP contribution in [0.3, 0.4) is 0 Å². The maximum Gasteiger partial charge on any atom is 0.261 e. The van der Waals surface area contributed by atoms with E-state index >= 15 is 0 Å². The number of hydrogen-bond acceptors (Lipinski definition) is 6. The lowest BCUT2D eigenvalue weighted by atomic mass is 10.1. The Balaban J connectivity index is 1.54. The second-order valence-corrected chi connectivity index (χ2v) is 8.09. The molecular formula is C21H14Cl2N4O3S. The standard InChI is InChI=1S/C21H14Cl2N4O3S/c1-11-16(18(27-30-11)17-14(22)3-2-4-15(17)23)20(29)25-13-7-5-12(6-8-13)19(28)26-21-24-9-10-31-21/h2-10H,1H3,(H,25,29)(H,24,26,28). The number of rotatable bonds is 5. The molecule has 0 aliphatic heterocycles. The van der Waals surface area contributed by atoms with Crippen LogP contribution < -0.4 is 10.6 Å². The van der Waals surface area contributed by atoms with Crippen LogP contribution in [-0.4, -0.2) is 22.0 Å². The van der Waals surface area contributed by atoms with Gasteiger partial charge in [-0.25, -0.2) is 4.98 Å². The quantitative estimate of drug-likeness (QED) is 0.375. The molecule has 0 atom stereocenters. The number of benzene rings is 2. The average Bonchev–Trinajstić information content (AvgIpc) is 3.38. The zero-order chi connectivity index (χ0) is 22.0. The zero-order valence-electron chi connectivity index (χ0n) is 16.0. The van der Waals surface area contributed by atoms with Crippen molar-refractivity contribution in [1.29, 1.82) is 0 Å². The molecule has 0 fully saturated rings. The van der Waals surface area contributed by atoms with Gasteiger partial charge in [0.2, 0.25) is 0 Å². The molecule has 0 aliphatic carbocycles. The van der Waals surface area contributed by atoms with Crippen molar-refractivity contribution in [3.05, 3.63) is 81.0 Å². The van der Waals surface area contributed by atoms with Crippen molar-refractivity contribution in [3.63, 3.8) is 0 Å². The molecule has 0 saturated heterocycles. The summed E-state index contributed by atoms with van der Waals surface area (Å²) < 4.78 is 5.23. The van der Waals surface area contributed by atoms with Crippen LogP contribution in [0.2, 0.25) is 10.0 Å². The lowest BCUT2D eigenvalue weighted by Gasteiger charge is -2.09. The lowest BCUT2D eigenvalue weighted by Crippen LogP contribution is -2.14. The average molecular weight is 473 g/mol. The summed E-state index contributed by atoms with van der Waals surface area (Å²) in [5.41, 5.74) is 1.82. The molecule has 0 saturated carbocycles. The highest BCUT2D eigenvalue weighted by atomic mass is 35.5. The third kappa shape index (κ3) is 4.46. The molecule has 0 unspecified atom stereocenters. The maximum absolute atomic E-state index is 13.0. The van der Waals surface area contributed by atoms with Crippen molar-refractivity contribution in [2.75, 3.05) is 10.6 Å². The van der Waals surface area contributed by atoms with Crippen LogP contribution in [0, 0.1) is 6.92 Å². The number of nitrogens with one attached hydrogen (secondary N) is 2. The van der Waals surface area contributed by atoms with E-state index in [4.69, 9.17) is 27.7 Å². The summed E-state index contributed by atoms with van der Waals surface area (Å²) in [6.07, 6.45) is 1.61. The largest absolute Gasteiger partial charge is 0.360 e. The normalized spacial score (nSPS) is 10.7. The smallest absolute Gasteiger partial charge is 0.261 e. The van der Waals surface area contributed by atoms with E-state index in [1.165, 1.54) is 11.3 Å². The third-order valence-electron chi connectivity index (χ3n) is 4.35. The van der Waals surface area contributed by atoms with Gasteiger partial charge in [0.25, 0.3) is 11.8 Å². The number of aromatic nitrogens is 2. The van der Waals surface area contributed by atoms with Crippen LogP contribution in [0.1, 0.15) is 26.5 Å². The van der Waals surface area contributed by atoms with Crippen molar-refractivity contribution in [3.8, 4) is 11.3 Å². The highest BCUT2D eigenvalue weighted by Crippen LogP contribution is 2.37. The Hall–Kier alpha value is -3.20. The Morgan fingerprint density at radius 3 is 2.35 bits per heavy atom. The first-order valence-corrected chi connectivity index (χ1v) is 10.6. The molecule has 4 rings (SSSR count). The minimum absolute atomic E-state index is 0.223. The van der Waals surface area contributed by atoms with Crippen molar-refractivity contribution < 1.29 is 14.1 Å². The van der Waals surface area contributed by atoms with E-state index in [1.54, 1.807) is 61.0 Å². The lowest BCUT2D eigenvalue weighted by molar-refractivity contribution is 0.101. The second kappa shape index (κ2) is 8.89. The van der Waals surface area contributed by atoms with Gasteiger partial charge in [-0.3, -0.25) is 14.9 Å². The second-order valence-electron chi connectivity index (χ2n) is 6.38. The van der Waals surface area contributed by atoms with Gasteiger partial charge in [0.15, 0.2) is 5.13 Å². The van der Waals surface area contributed by atoms with E-state index in [1.807, 2.05) is 0 Å². The molecule has 0 bridgehead atoms. The Morgan fingerprint density at radius 2 is 1.71 bits per heavy atom. The van der Waals surface area contributed by atoms with Crippen molar-refractivity contribution in [1.82, 2.24) is 10.1 Å². The summed E-state index contributed by atoms with van der Waals surface area (Å²) in [6.45, 7) is 1.63. The minimum atomic E-state index is -0.440. The molecule has 2 heterocycles. The number of hydrogen-bond donors (Lipinski definition) is 2. The highest BCUT2D eigenvalue weighted by molar-refractivity contribution is 7.13. The Morgan fingerprint density at radius 1 is 1.00 bits per heavy atom. The van der Waals surface area contributed by atoms with Crippen LogP contribution >= 0.6 is 34.5 Å². The number of amides is 2. The van der Waals surface area contributed by atoms with E-state index < -0.39 is 5.91 Å². The molecule has 0 radical (unpaired) electrons. The molecule has 2 aromatic heterocycles. The van der Waals surface area contributed by atoms with Gasteiger partial charge in [0.1, 0.15) is 17.0 Å². The van der Waals surface area contributed by atoms with Gasteiger partial charge >= 0.3 is 0 Å². The fraction of sp³-hybridized carbons (Fsp3) is 0.0476. The summed E-state index contributed by atoms with van der Waals surface area (Å²) in [6, 6.07) is 11.5. The molecule has 31 heavy (non-hydrogen) atoms. The number of aryl methyl sites for hydroxylation is 1. The van der Waals surface area contributed by atoms with Gasteiger partial charge in [0, 0.05) is 28.4 Å². The molecule has 10 heteroatoms. The molecule has 0 spiro atoms. The molecule has 4 aromatic rings. The fourth-order valence-electron chi connectivity index (χ4n) is 2.89. The summed E-state index contributed by atoms with van der Waals surface area (Å²) in [7, 11) is 0. The fourth-order valence-corrected chi connectivity index (χ4v) is 3.99. The van der Waals surface area contributed by atoms with Crippen molar-refractivity contribution >= 4 is 57.2 Å². The van der Waals surface area contributed by atoms with Crippen LogP contribution in [0.5, 0.6) is 0 Å². The van der Waals surface area contributed by atoms with Gasteiger partial charge < -0.3 is 9.84 Å². The Bertz CT molecular complexity index is 1230. The molecule has 7 nitrogen and oxygen atoms in total. The monoisotopic (exact) mass is 472 g/mol. The van der Waals surface area contributed by atoms with Crippen LogP contribution in [0.4, 0.5) is 10.8 Å². The first-order chi connectivity index (χ1) is 14.9. The first-order valence-electron chi connectivity index (χ1n) is 8.97. The summed E-state index contributed by atoms with van der Waals surface area (Å²) in [5, 5.41) is 12.4. The number of carbonyl (C=O) groups is 2. The predicted octanol–water partition coefficient (Wildman–Crippen LogP) is 5.92. The Labute approximate surface area is 191 Å². The number of carbonyl (C=O) groups excluding carboxylic acids is 2. The van der Waals surface area contributed by atoms with Gasteiger partial charge in [0.05, 0.1) is 10.0 Å². The summed E-state index contributed by atoms with van der Waals surface area (Å²) in [4.78, 5) is 29.2. The van der Waals surface area contributed by atoms with E-state index in [2.05, 4.69) is 20.8 Å². The summed E-state index contributed by atoms with van der Waals surface area (Å²) >= 11 is 13.9. The Kier molecular flexibility index (Phi) is 6.03. The van der Waals surface area contributed by atoms with Crippen LogP contribution in [0.25, 0.3) is 11.3 Å². The van der Waals surface area contributed by atoms with Crippen LogP contribution in [0.15, 0.2) is 58.6 Å². The van der Waals surface area contributed by atoms with Gasteiger partial charge in [-0.2, -0.15) is 0 Å². The SMILES string of the molecule is Cc1onc(-c2c(Cl)cccc2Cl)c1C(=O)Nc1ccc(C(=O)Nc2nccs2)cc1. The number of thiazole rings is 1. The minimum Gasteiger partial charge on any atom is -0.360 e. The molecule has 156 valence electrons. The first kappa shape index (κ1) is 21.0. The highest BCUT2D eigenvalue weighted by Gasteiger charge is 2.25. The molecular weight excluding hydrogens is 459 g/mol. The maximum atomic E-state index is 13.0. The topological polar surface area (TPSA) is 97.1 Å². The van der Waals surface area contributed by atoms with Crippen molar-refractivity contribution in [2.45, 2.75) is 6.92 Å². The van der Waals surface area contributed by atoms with Crippen molar-refractivity contribution in [2.24, 2.45) is 0 Å². The molecule has 2 N–H and O–H groups in total. The third-order valence-corrected chi connectivity index (χ3v) is 5.67. The predicted molar refractivity (Wildman–Crippen MR) is 121 cm³/mol. The van der Waals surface area contributed by atoms with Gasteiger partial charge in [-0.15, -0.1) is 11.3 Å². The molecule has 2 amide bonds. The molecule has 0 aliphatic rings.